The quantitative estimate of drug-likeness (QED) is 0.549. The molecule has 0 aliphatic carbocycles. The van der Waals surface area contributed by atoms with E-state index < -0.39 is 12.1 Å². The predicted octanol–water partition coefficient (Wildman–Crippen LogP) is 2.86. The summed E-state index contributed by atoms with van der Waals surface area (Å²) in [7, 11) is 0. The molecule has 2 rings (SSSR count). The standard InChI is InChI=1S/C21H33N3O5S/c1-7-9-24(10-14(25)12-29-21(4,5)6)11-15-22-18(26)16-13(3)17(20(27)28-8-2)30-19(16)23-15/h14,25H,7-12H2,1-6H3,(H,22,23,26). The normalized spacial score (nSPS) is 13.2. The van der Waals surface area contributed by atoms with Gasteiger partial charge in [0.05, 0.1) is 36.8 Å². The molecule has 2 aromatic heterocycles. The summed E-state index contributed by atoms with van der Waals surface area (Å²) in [4.78, 5) is 35.2. The molecule has 0 aliphatic heterocycles. The molecule has 0 radical (unpaired) electrons. The van der Waals surface area contributed by atoms with Gasteiger partial charge >= 0.3 is 5.97 Å². The fraction of sp³-hybridized carbons (Fsp3) is 0.667. The third kappa shape index (κ3) is 6.60. The van der Waals surface area contributed by atoms with Crippen molar-refractivity contribution in [2.24, 2.45) is 0 Å². The van der Waals surface area contributed by atoms with Crippen molar-refractivity contribution in [2.75, 3.05) is 26.3 Å². The van der Waals surface area contributed by atoms with E-state index in [-0.39, 0.29) is 24.4 Å². The van der Waals surface area contributed by atoms with Gasteiger partial charge in [-0.05, 0) is 53.1 Å². The van der Waals surface area contributed by atoms with E-state index in [9.17, 15) is 14.7 Å². The van der Waals surface area contributed by atoms with E-state index >= 15 is 0 Å². The number of aliphatic hydroxyl groups is 1. The largest absolute Gasteiger partial charge is 0.462 e. The molecule has 30 heavy (non-hydrogen) atoms. The van der Waals surface area contributed by atoms with Crippen molar-refractivity contribution in [3.8, 4) is 0 Å². The van der Waals surface area contributed by atoms with Gasteiger partial charge in [0.15, 0.2) is 0 Å². The lowest BCUT2D eigenvalue weighted by Crippen LogP contribution is -2.37. The summed E-state index contributed by atoms with van der Waals surface area (Å²) >= 11 is 1.17. The number of aromatic nitrogens is 2. The number of esters is 1. The zero-order chi connectivity index (χ0) is 22.5. The number of H-pyrrole nitrogens is 1. The minimum absolute atomic E-state index is 0.236. The Morgan fingerprint density at radius 3 is 2.63 bits per heavy atom. The summed E-state index contributed by atoms with van der Waals surface area (Å²) in [6.45, 7) is 13.4. The summed E-state index contributed by atoms with van der Waals surface area (Å²) < 4.78 is 10.7. The number of aliphatic hydroxyl groups excluding tert-OH is 1. The van der Waals surface area contributed by atoms with E-state index in [1.807, 2.05) is 25.7 Å². The van der Waals surface area contributed by atoms with Gasteiger partial charge in [-0.3, -0.25) is 9.69 Å². The first kappa shape index (κ1) is 24.5. The molecular formula is C21H33N3O5S. The van der Waals surface area contributed by atoms with Gasteiger partial charge < -0.3 is 19.6 Å². The van der Waals surface area contributed by atoms with Crippen LogP contribution in [0, 0.1) is 6.92 Å². The Morgan fingerprint density at radius 1 is 1.33 bits per heavy atom. The van der Waals surface area contributed by atoms with Crippen LogP contribution in [0.3, 0.4) is 0 Å². The maximum Gasteiger partial charge on any atom is 0.348 e. The smallest absolute Gasteiger partial charge is 0.348 e. The topological polar surface area (TPSA) is 105 Å². The SMILES string of the molecule is CCCN(Cc1nc2sc(C(=O)OCC)c(C)c2c(=O)[nH]1)CC(O)COC(C)(C)C. The van der Waals surface area contributed by atoms with Gasteiger partial charge in [-0.2, -0.15) is 0 Å². The highest BCUT2D eigenvalue weighted by atomic mass is 32.1. The fourth-order valence-electron chi connectivity index (χ4n) is 3.11. The van der Waals surface area contributed by atoms with Gasteiger partial charge in [0.25, 0.3) is 5.56 Å². The van der Waals surface area contributed by atoms with Crippen molar-refractivity contribution in [1.29, 1.82) is 0 Å². The van der Waals surface area contributed by atoms with Gasteiger partial charge in [0.1, 0.15) is 15.5 Å². The second-order valence-corrected chi connectivity index (χ2v) is 9.28. The van der Waals surface area contributed by atoms with Crippen LogP contribution in [0.4, 0.5) is 0 Å². The van der Waals surface area contributed by atoms with Crippen LogP contribution < -0.4 is 5.56 Å². The second-order valence-electron chi connectivity index (χ2n) is 8.28. The van der Waals surface area contributed by atoms with Crippen LogP contribution >= 0.6 is 11.3 Å². The van der Waals surface area contributed by atoms with Gasteiger partial charge in [-0.1, -0.05) is 6.92 Å². The molecule has 1 unspecified atom stereocenters. The van der Waals surface area contributed by atoms with Crippen LogP contribution in [-0.2, 0) is 16.0 Å². The van der Waals surface area contributed by atoms with E-state index in [1.165, 1.54) is 11.3 Å². The van der Waals surface area contributed by atoms with E-state index in [4.69, 9.17) is 9.47 Å². The van der Waals surface area contributed by atoms with Crippen LogP contribution in [0.15, 0.2) is 4.79 Å². The third-order valence-corrected chi connectivity index (χ3v) is 5.57. The first-order valence-electron chi connectivity index (χ1n) is 10.3. The molecule has 0 spiro atoms. The number of carbonyl (C=O) groups is 1. The highest BCUT2D eigenvalue weighted by Crippen LogP contribution is 2.27. The Kier molecular flexibility index (Phi) is 8.54. The second kappa shape index (κ2) is 10.5. The zero-order valence-electron chi connectivity index (χ0n) is 18.7. The summed E-state index contributed by atoms with van der Waals surface area (Å²) in [5.74, 6) is 0.0649. The Balaban J connectivity index is 2.21. The molecule has 0 aliphatic rings. The van der Waals surface area contributed by atoms with Crippen LogP contribution in [0.2, 0.25) is 0 Å². The lowest BCUT2D eigenvalue weighted by Gasteiger charge is -2.26. The first-order chi connectivity index (χ1) is 14.1. The van der Waals surface area contributed by atoms with Crippen molar-refractivity contribution < 1.29 is 19.4 Å². The molecule has 1 atom stereocenters. The molecule has 8 nitrogen and oxygen atoms in total. The molecular weight excluding hydrogens is 406 g/mol. The number of fused-ring (bicyclic) bond motifs is 1. The van der Waals surface area contributed by atoms with Gasteiger partial charge in [0.2, 0.25) is 0 Å². The number of ether oxygens (including phenoxy) is 2. The Morgan fingerprint density at radius 2 is 2.03 bits per heavy atom. The van der Waals surface area contributed by atoms with Crippen molar-refractivity contribution in [3.63, 3.8) is 0 Å². The molecule has 0 fully saturated rings. The summed E-state index contributed by atoms with van der Waals surface area (Å²) in [6.07, 6.45) is 0.246. The number of nitrogens with one attached hydrogen (secondary N) is 1. The first-order valence-corrected chi connectivity index (χ1v) is 11.1. The molecule has 2 N–H and O–H groups in total. The fourth-order valence-corrected chi connectivity index (χ4v) is 4.21. The number of hydrogen-bond acceptors (Lipinski definition) is 8. The highest BCUT2D eigenvalue weighted by Gasteiger charge is 2.21. The average Bonchev–Trinajstić information content (AvgIpc) is 2.97. The van der Waals surface area contributed by atoms with E-state index in [0.29, 0.717) is 39.6 Å². The van der Waals surface area contributed by atoms with Gasteiger partial charge in [-0.25, -0.2) is 9.78 Å². The van der Waals surface area contributed by atoms with E-state index in [0.717, 1.165) is 13.0 Å². The number of thiophene rings is 1. The van der Waals surface area contributed by atoms with Crippen molar-refractivity contribution >= 4 is 27.5 Å². The number of aryl methyl sites for hydroxylation is 1. The summed E-state index contributed by atoms with van der Waals surface area (Å²) in [5.41, 5.74) is 0.00322. The van der Waals surface area contributed by atoms with E-state index in [2.05, 4.69) is 16.9 Å². The minimum Gasteiger partial charge on any atom is -0.462 e. The molecule has 9 heteroatoms. The van der Waals surface area contributed by atoms with Crippen LogP contribution in [-0.4, -0.2) is 64.0 Å². The molecule has 0 amide bonds. The predicted molar refractivity (Wildman–Crippen MR) is 118 cm³/mol. The molecule has 2 aromatic rings. The lowest BCUT2D eigenvalue weighted by molar-refractivity contribution is -0.0568. The Labute approximate surface area is 181 Å². The molecule has 168 valence electrons. The zero-order valence-corrected chi connectivity index (χ0v) is 19.5. The maximum atomic E-state index is 12.7. The summed E-state index contributed by atoms with van der Waals surface area (Å²) in [6, 6.07) is 0. The summed E-state index contributed by atoms with van der Waals surface area (Å²) in [5, 5.41) is 10.8. The Bertz CT molecular complexity index is 916. The molecule has 0 saturated carbocycles. The van der Waals surface area contributed by atoms with E-state index in [1.54, 1.807) is 13.8 Å². The van der Waals surface area contributed by atoms with Crippen molar-refractivity contribution in [3.05, 3.63) is 26.6 Å². The van der Waals surface area contributed by atoms with Crippen LogP contribution in [0.5, 0.6) is 0 Å². The number of carbonyl (C=O) groups excluding carboxylic acids is 1. The molecule has 2 heterocycles. The van der Waals surface area contributed by atoms with Gasteiger partial charge in [0, 0.05) is 6.54 Å². The number of aromatic amines is 1. The third-order valence-electron chi connectivity index (χ3n) is 4.40. The monoisotopic (exact) mass is 439 g/mol. The number of nitrogens with zero attached hydrogens (tertiary/aromatic N) is 2. The average molecular weight is 440 g/mol. The van der Waals surface area contributed by atoms with Crippen molar-refractivity contribution in [1.82, 2.24) is 14.9 Å². The molecule has 0 saturated heterocycles. The van der Waals surface area contributed by atoms with Crippen molar-refractivity contribution in [2.45, 2.75) is 66.2 Å². The van der Waals surface area contributed by atoms with Gasteiger partial charge in [-0.15, -0.1) is 11.3 Å². The molecule has 0 aromatic carbocycles. The lowest BCUT2D eigenvalue weighted by atomic mass is 10.2. The Hall–Kier alpha value is -1.81. The number of hydrogen-bond donors (Lipinski definition) is 2. The number of rotatable bonds is 10. The minimum atomic E-state index is -0.648. The van der Waals surface area contributed by atoms with Crippen LogP contribution in [0.1, 0.15) is 62.1 Å². The highest BCUT2D eigenvalue weighted by molar-refractivity contribution is 7.20. The maximum absolute atomic E-state index is 12.7. The van der Waals surface area contributed by atoms with Crippen LogP contribution in [0.25, 0.3) is 10.2 Å². The molecule has 0 bridgehead atoms.